The lowest BCUT2D eigenvalue weighted by molar-refractivity contribution is 0.0463. The number of benzene rings is 2. The molecule has 3 saturated heterocycles. The highest BCUT2D eigenvalue weighted by atomic mass is 16.3. The van der Waals surface area contributed by atoms with Gasteiger partial charge in [-0.15, -0.1) is 0 Å². The zero-order valence-electron chi connectivity index (χ0n) is 17.3. The topological polar surface area (TPSA) is 61.6 Å². The van der Waals surface area contributed by atoms with Crippen LogP contribution in [0.4, 0.5) is 0 Å². The highest BCUT2D eigenvalue weighted by Gasteiger charge is 2.46. The number of hydrogen-bond donors (Lipinski definition) is 1. The first-order valence-corrected chi connectivity index (χ1v) is 10.4. The van der Waals surface area contributed by atoms with Gasteiger partial charge in [-0.05, 0) is 28.8 Å². The van der Waals surface area contributed by atoms with E-state index in [1.165, 1.54) is 12.0 Å². The minimum absolute atomic E-state index is 0.0250. The van der Waals surface area contributed by atoms with Gasteiger partial charge in [-0.3, -0.25) is 9.69 Å². The molecule has 0 saturated carbocycles. The summed E-state index contributed by atoms with van der Waals surface area (Å²) < 4.78 is 5.09. The molecule has 30 heavy (non-hydrogen) atoms. The summed E-state index contributed by atoms with van der Waals surface area (Å²) >= 11 is 0. The van der Waals surface area contributed by atoms with Gasteiger partial charge in [0.1, 0.15) is 6.26 Å². The molecule has 0 radical (unpaired) electrons. The molecule has 2 aromatic carbocycles. The van der Waals surface area contributed by atoms with Crippen molar-refractivity contribution in [1.82, 2.24) is 20.1 Å². The van der Waals surface area contributed by atoms with Gasteiger partial charge in [-0.1, -0.05) is 36.4 Å². The molecule has 1 N–H and O–H groups in total. The first-order chi connectivity index (χ1) is 14.6. The number of aromatic nitrogens is 1. The number of carbonyl (C=O) groups is 1. The van der Waals surface area contributed by atoms with Crippen LogP contribution in [-0.4, -0.2) is 60.0 Å². The second-order valence-corrected chi connectivity index (χ2v) is 8.48. The Morgan fingerprint density at radius 2 is 1.90 bits per heavy atom. The third-order valence-corrected chi connectivity index (χ3v) is 6.22. The first-order valence-electron chi connectivity index (χ1n) is 10.4. The van der Waals surface area contributed by atoms with E-state index < -0.39 is 0 Å². The normalized spacial score (nSPS) is 23.1. The van der Waals surface area contributed by atoms with Crippen molar-refractivity contribution >= 4 is 5.91 Å². The lowest BCUT2D eigenvalue weighted by Gasteiger charge is -2.54. The molecular weight excluding hydrogens is 376 g/mol. The highest BCUT2D eigenvalue weighted by Crippen LogP contribution is 2.38. The SMILES string of the molecule is CN(C)C(=O)c1cccc(-c2ccc(C3[C@@H]4CN(Cc5cocn5)C[C@H]3N4)cc2)c1. The Morgan fingerprint density at radius 1 is 1.13 bits per heavy atom. The number of fused-ring (bicyclic) bond motifs is 2. The number of piperazine rings is 1. The standard InChI is InChI=1S/C24H26N4O2/c1-27(2)24(29)19-5-3-4-18(10-19)16-6-8-17(9-7-16)23-21-12-28(13-22(23)26-21)11-20-14-30-15-25-20/h3-10,14-15,21-23,26H,11-13H2,1-2H3/t21-,22+,23?. The average Bonchev–Trinajstić information content (AvgIpc) is 3.26. The maximum atomic E-state index is 12.3. The zero-order chi connectivity index (χ0) is 20.7. The minimum Gasteiger partial charge on any atom is -0.451 e. The predicted molar refractivity (Wildman–Crippen MR) is 115 cm³/mol. The van der Waals surface area contributed by atoms with Crippen LogP contribution in [0.2, 0.25) is 0 Å². The van der Waals surface area contributed by atoms with E-state index in [-0.39, 0.29) is 5.91 Å². The molecular formula is C24H26N4O2. The number of piperidine rings is 1. The summed E-state index contributed by atoms with van der Waals surface area (Å²) in [5, 5.41) is 3.69. The summed E-state index contributed by atoms with van der Waals surface area (Å²) in [5.74, 6) is 0.575. The van der Waals surface area contributed by atoms with Crippen LogP contribution in [0.25, 0.3) is 11.1 Å². The third kappa shape index (κ3) is 3.53. The van der Waals surface area contributed by atoms with E-state index in [1.54, 1.807) is 25.3 Å². The molecule has 4 heterocycles. The Balaban J connectivity index is 1.28. The minimum atomic E-state index is 0.0250. The highest BCUT2D eigenvalue weighted by molar-refractivity contribution is 5.95. The van der Waals surface area contributed by atoms with Crippen molar-refractivity contribution in [3.8, 4) is 11.1 Å². The fraction of sp³-hybridized carbons (Fsp3) is 0.333. The second kappa shape index (κ2) is 7.70. The monoisotopic (exact) mass is 402 g/mol. The van der Waals surface area contributed by atoms with E-state index in [2.05, 4.69) is 45.5 Å². The van der Waals surface area contributed by atoms with Crippen LogP contribution < -0.4 is 5.32 Å². The third-order valence-electron chi connectivity index (χ3n) is 6.22. The summed E-state index contributed by atoms with van der Waals surface area (Å²) in [6, 6.07) is 17.6. The number of rotatable bonds is 5. The van der Waals surface area contributed by atoms with Crippen LogP contribution in [0.1, 0.15) is 27.5 Å². The number of oxazole rings is 1. The van der Waals surface area contributed by atoms with Gasteiger partial charge in [-0.25, -0.2) is 4.98 Å². The lowest BCUT2D eigenvalue weighted by Crippen LogP contribution is -2.71. The molecule has 6 rings (SSSR count). The Labute approximate surface area is 176 Å². The zero-order valence-corrected chi connectivity index (χ0v) is 17.3. The number of nitrogens with zero attached hydrogens (tertiary/aromatic N) is 3. The molecule has 1 aromatic heterocycles. The average molecular weight is 402 g/mol. The molecule has 154 valence electrons. The molecule has 1 unspecified atom stereocenters. The van der Waals surface area contributed by atoms with Gasteiger partial charge >= 0.3 is 0 Å². The van der Waals surface area contributed by atoms with Crippen molar-refractivity contribution in [1.29, 1.82) is 0 Å². The molecule has 6 heteroatoms. The van der Waals surface area contributed by atoms with E-state index in [4.69, 9.17) is 4.42 Å². The molecule has 6 nitrogen and oxygen atoms in total. The Kier molecular flexibility index (Phi) is 4.89. The van der Waals surface area contributed by atoms with Gasteiger partial charge in [0.25, 0.3) is 5.91 Å². The van der Waals surface area contributed by atoms with E-state index in [0.29, 0.717) is 23.6 Å². The van der Waals surface area contributed by atoms with Crippen molar-refractivity contribution in [2.75, 3.05) is 27.2 Å². The van der Waals surface area contributed by atoms with Gasteiger partial charge in [0.15, 0.2) is 6.39 Å². The van der Waals surface area contributed by atoms with Crippen molar-refractivity contribution in [2.24, 2.45) is 0 Å². The molecule has 2 bridgehead atoms. The number of carbonyl (C=O) groups excluding carboxylic acids is 1. The summed E-state index contributed by atoms with van der Waals surface area (Å²) in [4.78, 5) is 20.6. The number of hydrogen-bond acceptors (Lipinski definition) is 5. The lowest BCUT2D eigenvalue weighted by atomic mass is 9.74. The molecule has 0 aliphatic carbocycles. The van der Waals surface area contributed by atoms with E-state index >= 15 is 0 Å². The summed E-state index contributed by atoms with van der Waals surface area (Å²) in [7, 11) is 3.56. The smallest absolute Gasteiger partial charge is 0.253 e. The Bertz CT molecular complexity index is 1020. The molecule has 3 aliphatic rings. The fourth-order valence-corrected chi connectivity index (χ4v) is 4.73. The van der Waals surface area contributed by atoms with Gasteiger partial charge in [0.05, 0.1) is 5.69 Å². The maximum absolute atomic E-state index is 12.3. The summed E-state index contributed by atoms with van der Waals surface area (Å²) in [6.07, 6.45) is 3.22. The number of nitrogens with one attached hydrogen (secondary N) is 1. The maximum Gasteiger partial charge on any atom is 0.253 e. The van der Waals surface area contributed by atoms with Crippen LogP contribution >= 0.6 is 0 Å². The molecule has 0 spiro atoms. The first kappa shape index (κ1) is 19.0. The molecule has 3 atom stereocenters. The van der Waals surface area contributed by atoms with Gasteiger partial charge in [-0.2, -0.15) is 0 Å². The Hall–Kier alpha value is -2.96. The van der Waals surface area contributed by atoms with Crippen LogP contribution in [-0.2, 0) is 6.54 Å². The van der Waals surface area contributed by atoms with Gasteiger partial charge < -0.3 is 14.6 Å². The van der Waals surface area contributed by atoms with E-state index in [9.17, 15) is 4.79 Å². The molecule has 3 fully saturated rings. The number of amides is 1. The predicted octanol–water partition coefficient (Wildman–Crippen LogP) is 2.98. The Morgan fingerprint density at radius 3 is 2.57 bits per heavy atom. The van der Waals surface area contributed by atoms with Crippen LogP contribution in [0.15, 0.2) is 65.6 Å². The quantitative estimate of drug-likeness (QED) is 0.711. The van der Waals surface area contributed by atoms with Gasteiger partial charge in [0, 0.05) is 57.3 Å². The van der Waals surface area contributed by atoms with Crippen LogP contribution in [0.3, 0.4) is 0 Å². The fourth-order valence-electron chi connectivity index (χ4n) is 4.73. The van der Waals surface area contributed by atoms with Crippen molar-refractivity contribution < 1.29 is 9.21 Å². The van der Waals surface area contributed by atoms with Crippen LogP contribution in [0, 0.1) is 0 Å². The largest absolute Gasteiger partial charge is 0.451 e. The van der Waals surface area contributed by atoms with Crippen molar-refractivity contribution in [2.45, 2.75) is 24.5 Å². The van der Waals surface area contributed by atoms with Crippen molar-refractivity contribution in [3.05, 3.63) is 78.0 Å². The molecule has 3 aromatic rings. The van der Waals surface area contributed by atoms with Crippen LogP contribution in [0.5, 0.6) is 0 Å². The molecule has 3 aliphatic heterocycles. The summed E-state index contributed by atoms with van der Waals surface area (Å²) in [5.41, 5.74) is 5.30. The van der Waals surface area contributed by atoms with E-state index in [0.717, 1.165) is 36.5 Å². The molecule has 1 amide bonds. The second-order valence-electron chi connectivity index (χ2n) is 8.48. The van der Waals surface area contributed by atoms with Gasteiger partial charge in [0.2, 0.25) is 0 Å². The van der Waals surface area contributed by atoms with Crippen molar-refractivity contribution in [3.63, 3.8) is 0 Å². The summed E-state index contributed by atoms with van der Waals surface area (Å²) in [6.45, 7) is 2.88. The van der Waals surface area contributed by atoms with E-state index in [1.807, 2.05) is 18.2 Å².